The molecule has 2 amide bonds. The van der Waals surface area contributed by atoms with Crippen molar-refractivity contribution < 1.29 is 19.4 Å². The largest absolute Gasteiger partial charge is 0.396 e. The van der Waals surface area contributed by atoms with E-state index in [2.05, 4.69) is 5.32 Å². The van der Waals surface area contributed by atoms with Crippen LogP contribution in [0.5, 0.6) is 0 Å². The number of nitrogens with zero attached hydrogens (tertiary/aromatic N) is 1. The Morgan fingerprint density at radius 1 is 1.35 bits per heavy atom. The van der Waals surface area contributed by atoms with Crippen molar-refractivity contribution >= 4 is 11.8 Å². The highest BCUT2D eigenvalue weighted by Gasteiger charge is 2.32. The summed E-state index contributed by atoms with van der Waals surface area (Å²) in [5, 5.41) is 12.3. The first kappa shape index (κ1) is 17.4. The zero-order valence-corrected chi connectivity index (χ0v) is 13.6. The lowest BCUT2D eigenvalue weighted by Crippen LogP contribution is -2.55. The minimum atomic E-state index is -0.259. The maximum Gasteiger partial charge on any atom is 0.253 e. The summed E-state index contributed by atoms with van der Waals surface area (Å²) in [4.78, 5) is 26.1. The molecule has 1 aromatic carbocycles. The number of aliphatic hydroxyl groups is 1. The van der Waals surface area contributed by atoms with Gasteiger partial charge in [-0.25, -0.2) is 0 Å². The number of benzene rings is 1. The Morgan fingerprint density at radius 2 is 2.04 bits per heavy atom. The van der Waals surface area contributed by atoms with E-state index < -0.39 is 0 Å². The molecule has 0 spiro atoms. The van der Waals surface area contributed by atoms with Gasteiger partial charge in [-0.15, -0.1) is 0 Å². The zero-order chi connectivity index (χ0) is 16.8. The van der Waals surface area contributed by atoms with Gasteiger partial charge in [-0.1, -0.05) is 17.7 Å². The second-order valence-corrected chi connectivity index (χ2v) is 5.96. The molecule has 23 heavy (non-hydrogen) atoms. The number of hydrogen-bond donors (Lipinski definition) is 2. The van der Waals surface area contributed by atoms with Crippen molar-refractivity contribution in [1.82, 2.24) is 10.2 Å². The SMILES string of the molecule is COCC(=O)N[C@@H]1CN(C(=O)c2ccc(C)cc2)CC[C@@H]1CO. The molecule has 126 valence electrons. The van der Waals surface area contributed by atoms with Crippen molar-refractivity contribution in [2.45, 2.75) is 19.4 Å². The summed E-state index contributed by atoms with van der Waals surface area (Å²) in [5.74, 6) is -0.328. The number of carbonyl (C=O) groups excluding carboxylic acids is 2. The Kier molecular flexibility index (Phi) is 6.12. The molecule has 2 rings (SSSR count). The molecule has 6 heteroatoms. The molecule has 0 bridgehead atoms. The fraction of sp³-hybridized carbons (Fsp3) is 0.529. The van der Waals surface area contributed by atoms with E-state index in [9.17, 15) is 14.7 Å². The summed E-state index contributed by atoms with van der Waals surface area (Å²) in [6.07, 6.45) is 0.659. The average molecular weight is 320 g/mol. The van der Waals surface area contributed by atoms with Crippen LogP contribution in [0.3, 0.4) is 0 Å². The summed E-state index contributed by atoms with van der Waals surface area (Å²) in [6.45, 7) is 2.91. The van der Waals surface area contributed by atoms with Crippen LogP contribution in [0.4, 0.5) is 0 Å². The highest BCUT2D eigenvalue weighted by Crippen LogP contribution is 2.19. The Hall–Kier alpha value is -1.92. The van der Waals surface area contributed by atoms with Gasteiger partial charge in [-0.3, -0.25) is 9.59 Å². The number of nitrogens with one attached hydrogen (secondary N) is 1. The van der Waals surface area contributed by atoms with E-state index in [-0.39, 0.29) is 37.0 Å². The zero-order valence-electron chi connectivity index (χ0n) is 13.6. The molecular weight excluding hydrogens is 296 g/mol. The van der Waals surface area contributed by atoms with Crippen LogP contribution in [-0.4, -0.2) is 61.3 Å². The monoisotopic (exact) mass is 320 g/mol. The molecule has 1 aliphatic rings. The van der Waals surface area contributed by atoms with Crippen molar-refractivity contribution in [1.29, 1.82) is 0 Å². The molecule has 6 nitrogen and oxygen atoms in total. The summed E-state index contributed by atoms with van der Waals surface area (Å²) >= 11 is 0. The van der Waals surface area contributed by atoms with Gasteiger partial charge in [0, 0.05) is 38.3 Å². The quantitative estimate of drug-likeness (QED) is 0.832. The lowest BCUT2D eigenvalue weighted by Gasteiger charge is -2.38. The first-order valence-corrected chi connectivity index (χ1v) is 7.80. The van der Waals surface area contributed by atoms with Crippen LogP contribution in [0.1, 0.15) is 22.3 Å². The van der Waals surface area contributed by atoms with Crippen LogP contribution < -0.4 is 5.32 Å². The molecule has 0 saturated carbocycles. The van der Waals surface area contributed by atoms with E-state index in [1.54, 1.807) is 4.90 Å². The van der Waals surface area contributed by atoms with E-state index in [1.807, 2.05) is 31.2 Å². The molecule has 2 N–H and O–H groups in total. The van der Waals surface area contributed by atoms with Gasteiger partial charge in [0.1, 0.15) is 6.61 Å². The number of methoxy groups -OCH3 is 1. The standard InChI is InChI=1S/C17H24N2O4/c1-12-3-5-13(6-4-12)17(22)19-8-7-14(10-20)15(9-19)18-16(21)11-23-2/h3-6,14-15,20H,7-11H2,1-2H3,(H,18,21)/t14-,15-/m1/s1. The van der Waals surface area contributed by atoms with Gasteiger partial charge in [-0.2, -0.15) is 0 Å². The minimum absolute atomic E-state index is 0.00943. The van der Waals surface area contributed by atoms with Crippen LogP contribution in [0.15, 0.2) is 24.3 Å². The Morgan fingerprint density at radius 3 is 2.65 bits per heavy atom. The normalized spacial score (nSPS) is 21.1. The number of likely N-dealkylation sites (tertiary alicyclic amines) is 1. The molecule has 0 aromatic heterocycles. The van der Waals surface area contributed by atoms with Crippen molar-refractivity contribution in [3.05, 3.63) is 35.4 Å². The maximum absolute atomic E-state index is 12.6. The predicted molar refractivity (Wildman–Crippen MR) is 86.1 cm³/mol. The van der Waals surface area contributed by atoms with Crippen molar-refractivity contribution in [2.24, 2.45) is 5.92 Å². The molecule has 0 aliphatic carbocycles. The molecule has 2 atom stereocenters. The van der Waals surface area contributed by atoms with E-state index >= 15 is 0 Å². The number of ether oxygens (including phenoxy) is 1. The van der Waals surface area contributed by atoms with Crippen LogP contribution in [0, 0.1) is 12.8 Å². The topological polar surface area (TPSA) is 78.9 Å². The Bertz CT molecular complexity index is 544. The van der Waals surface area contributed by atoms with Gasteiger partial charge in [0.25, 0.3) is 5.91 Å². The van der Waals surface area contributed by atoms with Gasteiger partial charge in [-0.05, 0) is 25.5 Å². The van der Waals surface area contributed by atoms with Gasteiger partial charge >= 0.3 is 0 Å². The van der Waals surface area contributed by atoms with E-state index in [0.717, 1.165) is 5.56 Å². The first-order valence-electron chi connectivity index (χ1n) is 7.80. The first-order chi connectivity index (χ1) is 11.0. The van der Waals surface area contributed by atoms with Crippen LogP contribution in [0.2, 0.25) is 0 Å². The molecule has 1 saturated heterocycles. The minimum Gasteiger partial charge on any atom is -0.396 e. The van der Waals surface area contributed by atoms with E-state index in [1.165, 1.54) is 7.11 Å². The fourth-order valence-electron chi connectivity index (χ4n) is 2.83. The van der Waals surface area contributed by atoms with Gasteiger partial charge in [0.15, 0.2) is 0 Å². The highest BCUT2D eigenvalue weighted by molar-refractivity contribution is 5.94. The summed E-state index contributed by atoms with van der Waals surface area (Å²) in [5.41, 5.74) is 1.74. The molecule has 1 fully saturated rings. The molecule has 1 heterocycles. The fourth-order valence-corrected chi connectivity index (χ4v) is 2.83. The van der Waals surface area contributed by atoms with Gasteiger partial charge < -0.3 is 20.1 Å². The molecule has 1 aliphatic heterocycles. The lowest BCUT2D eigenvalue weighted by atomic mass is 9.91. The van der Waals surface area contributed by atoms with Crippen LogP contribution >= 0.6 is 0 Å². The summed E-state index contributed by atoms with van der Waals surface area (Å²) in [7, 11) is 1.46. The van der Waals surface area contributed by atoms with Gasteiger partial charge in [0.2, 0.25) is 5.91 Å². The number of carbonyl (C=O) groups is 2. The second kappa shape index (κ2) is 8.08. The number of rotatable bonds is 5. The lowest BCUT2D eigenvalue weighted by molar-refractivity contribution is -0.126. The Labute approximate surface area is 136 Å². The maximum atomic E-state index is 12.6. The number of piperidine rings is 1. The smallest absolute Gasteiger partial charge is 0.253 e. The number of aliphatic hydroxyl groups excluding tert-OH is 1. The molecular formula is C17H24N2O4. The second-order valence-electron chi connectivity index (χ2n) is 5.96. The molecule has 0 unspecified atom stereocenters. The Balaban J connectivity index is 2.04. The number of amides is 2. The van der Waals surface area contributed by atoms with Crippen LogP contribution in [0.25, 0.3) is 0 Å². The number of hydrogen-bond acceptors (Lipinski definition) is 4. The third-order valence-electron chi connectivity index (χ3n) is 4.20. The van der Waals surface area contributed by atoms with E-state index in [4.69, 9.17) is 4.74 Å². The predicted octanol–water partition coefficient (Wildman–Crippen LogP) is 0.581. The van der Waals surface area contributed by atoms with Crippen molar-refractivity contribution in [3.8, 4) is 0 Å². The third kappa shape index (κ3) is 4.53. The summed E-state index contributed by atoms with van der Waals surface area (Å²) in [6, 6.07) is 7.19. The van der Waals surface area contributed by atoms with Gasteiger partial charge in [0.05, 0.1) is 6.04 Å². The van der Waals surface area contributed by atoms with Crippen molar-refractivity contribution in [2.75, 3.05) is 33.4 Å². The highest BCUT2D eigenvalue weighted by atomic mass is 16.5. The van der Waals surface area contributed by atoms with E-state index in [0.29, 0.717) is 25.1 Å². The van der Waals surface area contributed by atoms with Crippen molar-refractivity contribution in [3.63, 3.8) is 0 Å². The van der Waals surface area contributed by atoms with Crippen LogP contribution in [-0.2, 0) is 9.53 Å². The molecule has 1 aromatic rings. The third-order valence-corrected chi connectivity index (χ3v) is 4.20. The molecule has 0 radical (unpaired) electrons. The average Bonchev–Trinajstić information content (AvgIpc) is 2.55. The number of aryl methyl sites for hydroxylation is 1. The summed E-state index contributed by atoms with van der Waals surface area (Å²) < 4.78 is 4.81.